The van der Waals surface area contributed by atoms with Crippen LogP contribution in [0.3, 0.4) is 0 Å². The number of halogens is 1. The first-order valence-corrected chi connectivity index (χ1v) is 11.1. The first-order chi connectivity index (χ1) is 14.2. The van der Waals surface area contributed by atoms with Gasteiger partial charge in [-0.05, 0) is 73.9 Å². The van der Waals surface area contributed by atoms with E-state index in [-0.39, 0.29) is 4.90 Å². The fraction of sp³-hybridized carbons (Fsp3) is 0.174. The van der Waals surface area contributed by atoms with Gasteiger partial charge in [0, 0.05) is 5.02 Å². The van der Waals surface area contributed by atoms with E-state index in [0.717, 1.165) is 15.4 Å². The minimum atomic E-state index is -4.13. The smallest absolute Gasteiger partial charge is 0.278 e. The Labute approximate surface area is 181 Å². The molecule has 0 unspecified atom stereocenters. The molecule has 3 aromatic rings. The fourth-order valence-electron chi connectivity index (χ4n) is 3.02. The second kappa shape index (κ2) is 8.90. The maximum Gasteiger partial charge on any atom is 0.278 e. The van der Waals surface area contributed by atoms with Crippen molar-refractivity contribution in [3.8, 4) is 5.75 Å². The molecule has 30 heavy (non-hydrogen) atoms. The summed E-state index contributed by atoms with van der Waals surface area (Å²) < 4.78 is 33.3. The van der Waals surface area contributed by atoms with Crippen LogP contribution in [0.2, 0.25) is 5.02 Å². The molecule has 0 radical (unpaired) electrons. The summed E-state index contributed by atoms with van der Waals surface area (Å²) in [6, 6.07) is 18.1. The Hall–Kier alpha value is -2.83. The number of amides is 1. The van der Waals surface area contributed by atoms with Gasteiger partial charge in [-0.15, -0.1) is 0 Å². The van der Waals surface area contributed by atoms with Crippen molar-refractivity contribution in [1.29, 1.82) is 0 Å². The molecule has 0 fully saturated rings. The summed E-state index contributed by atoms with van der Waals surface area (Å²) in [4.78, 5) is 13.2. The first kappa shape index (κ1) is 21.9. The molecular formula is C23H22ClNO4S. The molecular weight excluding hydrogens is 422 g/mol. The van der Waals surface area contributed by atoms with Crippen molar-refractivity contribution in [2.75, 3.05) is 10.9 Å². The Morgan fingerprint density at radius 1 is 0.933 bits per heavy atom. The van der Waals surface area contributed by atoms with Gasteiger partial charge in [0.15, 0.2) is 6.61 Å². The molecule has 0 saturated carbocycles. The van der Waals surface area contributed by atoms with Crippen molar-refractivity contribution in [2.24, 2.45) is 0 Å². The zero-order valence-corrected chi connectivity index (χ0v) is 18.5. The van der Waals surface area contributed by atoms with Gasteiger partial charge in [0.05, 0.1) is 10.6 Å². The molecule has 3 aromatic carbocycles. The largest absolute Gasteiger partial charge is 0.483 e. The van der Waals surface area contributed by atoms with E-state index in [1.54, 1.807) is 62.4 Å². The topological polar surface area (TPSA) is 63.7 Å². The highest BCUT2D eigenvalue weighted by Crippen LogP contribution is 2.29. The van der Waals surface area contributed by atoms with Crippen LogP contribution in [-0.4, -0.2) is 20.9 Å². The lowest BCUT2D eigenvalue weighted by Crippen LogP contribution is -2.40. The van der Waals surface area contributed by atoms with Crippen LogP contribution in [0.5, 0.6) is 5.75 Å². The minimum Gasteiger partial charge on any atom is -0.483 e. The lowest BCUT2D eigenvalue weighted by atomic mass is 10.1. The second-order valence-corrected chi connectivity index (χ2v) is 9.12. The van der Waals surface area contributed by atoms with Crippen molar-refractivity contribution >= 4 is 33.2 Å². The molecule has 3 rings (SSSR count). The summed E-state index contributed by atoms with van der Waals surface area (Å²) in [5, 5.41) is 0.551. The maximum absolute atomic E-state index is 13.4. The van der Waals surface area contributed by atoms with E-state index in [1.807, 2.05) is 13.0 Å². The number of sulfonamides is 1. The van der Waals surface area contributed by atoms with E-state index in [9.17, 15) is 13.2 Å². The number of hydrogen-bond acceptors (Lipinski definition) is 4. The van der Waals surface area contributed by atoms with E-state index in [1.165, 1.54) is 12.1 Å². The Balaban J connectivity index is 2.01. The van der Waals surface area contributed by atoms with Crippen LogP contribution < -0.4 is 9.04 Å². The van der Waals surface area contributed by atoms with Crippen molar-refractivity contribution < 1.29 is 17.9 Å². The molecule has 0 aliphatic heterocycles. The van der Waals surface area contributed by atoms with Crippen molar-refractivity contribution in [3.63, 3.8) is 0 Å². The van der Waals surface area contributed by atoms with E-state index in [0.29, 0.717) is 22.0 Å². The number of benzene rings is 3. The van der Waals surface area contributed by atoms with Crippen LogP contribution in [-0.2, 0) is 14.8 Å². The zero-order valence-electron chi connectivity index (χ0n) is 16.9. The Morgan fingerprint density at radius 3 is 2.30 bits per heavy atom. The summed E-state index contributed by atoms with van der Waals surface area (Å²) in [5.41, 5.74) is 2.64. The van der Waals surface area contributed by atoms with Gasteiger partial charge < -0.3 is 4.74 Å². The van der Waals surface area contributed by atoms with Crippen molar-refractivity contribution in [1.82, 2.24) is 0 Å². The Morgan fingerprint density at radius 2 is 1.63 bits per heavy atom. The molecule has 0 spiro atoms. The first-order valence-electron chi connectivity index (χ1n) is 9.30. The average molecular weight is 444 g/mol. The predicted molar refractivity (Wildman–Crippen MR) is 119 cm³/mol. The third-order valence-corrected chi connectivity index (χ3v) is 6.77. The van der Waals surface area contributed by atoms with E-state index < -0.39 is 22.5 Å². The Kier molecular flexibility index (Phi) is 6.48. The summed E-state index contributed by atoms with van der Waals surface area (Å²) >= 11 is 5.96. The van der Waals surface area contributed by atoms with Crippen LogP contribution in [0.15, 0.2) is 71.6 Å². The van der Waals surface area contributed by atoms with Crippen LogP contribution >= 0.6 is 11.6 Å². The number of nitrogens with zero attached hydrogens (tertiary/aromatic N) is 1. The number of carbonyl (C=O) groups excluding carboxylic acids is 1. The molecule has 0 aliphatic rings. The number of rotatable bonds is 6. The van der Waals surface area contributed by atoms with E-state index >= 15 is 0 Å². The normalized spacial score (nSPS) is 11.2. The molecule has 0 aromatic heterocycles. The van der Waals surface area contributed by atoms with Gasteiger partial charge in [-0.3, -0.25) is 4.79 Å². The van der Waals surface area contributed by atoms with Gasteiger partial charge in [0.1, 0.15) is 5.75 Å². The lowest BCUT2D eigenvalue weighted by molar-refractivity contribution is -0.119. The predicted octanol–water partition coefficient (Wildman–Crippen LogP) is 5.07. The van der Waals surface area contributed by atoms with Crippen LogP contribution in [0.25, 0.3) is 0 Å². The highest BCUT2D eigenvalue weighted by molar-refractivity contribution is 7.93. The van der Waals surface area contributed by atoms with Crippen LogP contribution in [0, 0.1) is 20.8 Å². The van der Waals surface area contributed by atoms with Crippen molar-refractivity contribution in [3.05, 3.63) is 88.4 Å². The van der Waals surface area contributed by atoms with Gasteiger partial charge in [0.25, 0.3) is 15.9 Å². The molecule has 5 nitrogen and oxygen atoms in total. The summed E-state index contributed by atoms with van der Waals surface area (Å²) in [5.74, 6) is -0.229. The standard InChI is InChI=1S/C23H22ClNO4S/c1-16-8-7-11-21(18(16)3)25(30(27,28)20-9-5-4-6-10-20)23(26)15-29-22-13-12-19(24)14-17(22)2/h4-14H,15H2,1-3H3. The zero-order chi connectivity index (χ0) is 21.9. The quantitative estimate of drug-likeness (QED) is 0.533. The number of hydrogen-bond donors (Lipinski definition) is 0. The SMILES string of the molecule is Cc1cc(Cl)ccc1OCC(=O)N(c1cccc(C)c1C)S(=O)(=O)c1ccccc1. The van der Waals surface area contributed by atoms with Gasteiger partial charge >= 0.3 is 0 Å². The maximum atomic E-state index is 13.4. The monoisotopic (exact) mass is 443 g/mol. The molecule has 0 N–H and O–H groups in total. The molecule has 1 amide bonds. The van der Waals surface area contributed by atoms with Gasteiger partial charge in [0.2, 0.25) is 0 Å². The molecule has 0 aliphatic carbocycles. The minimum absolute atomic E-state index is 0.0296. The highest BCUT2D eigenvalue weighted by atomic mass is 35.5. The summed E-state index contributed by atoms with van der Waals surface area (Å²) in [6.07, 6.45) is 0. The third-order valence-electron chi connectivity index (χ3n) is 4.79. The molecule has 0 saturated heterocycles. The van der Waals surface area contributed by atoms with E-state index in [4.69, 9.17) is 16.3 Å². The molecule has 7 heteroatoms. The van der Waals surface area contributed by atoms with Crippen LogP contribution in [0.4, 0.5) is 5.69 Å². The Bertz CT molecular complexity index is 1180. The van der Waals surface area contributed by atoms with Gasteiger partial charge in [-0.25, -0.2) is 8.42 Å². The van der Waals surface area contributed by atoms with Gasteiger partial charge in [-0.1, -0.05) is 41.9 Å². The van der Waals surface area contributed by atoms with Crippen molar-refractivity contribution in [2.45, 2.75) is 25.7 Å². The number of carbonyl (C=O) groups is 1. The van der Waals surface area contributed by atoms with E-state index in [2.05, 4.69) is 0 Å². The average Bonchev–Trinajstić information content (AvgIpc) is 2.71. The molecule has 0 heterocycles. The lowest BCUT2D eigenvalue weighted by Gasteiger charge is -2.25. The number of ether oxygens (including phenoxy) is 1. The van der Waals surface area contributed by atoms with Crippen LogP contribution in [0.1, 0.15) is 16.7 Å². The second-order valence-electron chi connectivity index (χ2n) is 6.89. The molecule has 0 atom stereocenters. The summed E-state index contributed by atoms with van der Waals surface area (Å²) in [7, 11) is -4.13. The number of anilines is 1. The third kappa shape index (κ3) is 4.50. The highest BCUT2D eigenvalue weighted by Gasteiger charge is 2.32. The number of aryl methyl sites for hydroxylation is 2. The van der Waals surface area contributed by atoms with Gasteiger partial charge in [-0.2, -0.15) is 4.31 Å². The molecule has 156 valence electrons. The fourth-order valence-corrected chi connectivity index (χ4v) is 4.74. The summed E-state index contributed by atoms with van der Waals surface area (Å²) in [6.45, 7) is 5.01. The molecule has 0 bridgehead atoms.